The van der Waals surface area contributed by atoms with Gasteiger partial charge in [-0.15, -0.1) is 0 Å². The number of hydrogen-bond donors (Lipinski definition) is 0. The van der Waals surface area contributed by atoms with E-state index in [-0.39, 0.29) is 10.8 Å². The lowest BCUT2D eigenvalue weighted by Gasteiger charge is -2.04. The van der Waals surface area contributed by atoms with Crippen LogP contribution < -0.4 is 0 Å². The third kappa shape index (κ3) is 2.59. The first-order valence-electron chi connectivity index (χ1n) is 5.70. The van der Waals surface area contributed by atoms with Crippen LogP contribution in [0.2, 0.25) is 5.02 Å². The van der Waals surface area contributed by atoms with Crippen molar-refractivity contribution in [1.82, 2.24) is 0 Å². The summed E-state index contributed by atoms with van der Waals surface area (Å²) in [4.78, 5) is 12.2. The first kappa shape index (κ1) is 12.8. The van der Waals surface area contributed by atoms with Gasteiger partial charge in [0, 0.05) is 11.1 Å². The summed E-state index contributed by atoms with van der Waals surface area (Å²) in [6.07, 6.45) is 0.857. The molecule has 0 aliphatic heterocycles. The topological polar surface area (TPSA) is 17.1 Å². The smallest absolute Gasteiger partial charge is 0.193 e. The summed E-state index contributed by atoms with van der Waals surface area (Å²) in [7, 11) is 0. The fourth-order valence-electron chi connectivity index (χ4n) is 1.74. The van der Waals surface area contributed by atoms with Gasteiger partial charge in [-0.05, 0) is 36.2 Å². The Balaban J connectivity index is 2.38. The Hall–Kier alpha value is -1.67. The van der Waals surface area contributed by atoms with Crippen molar-refractivity contribution in [3.05, 3.63) is 70.0 Å². The van der Waals surface area contributed by atoms with E-state index < -0.39 is 5.82 Å². The number of halogens is 2. The summed E-state index contributed by atoms with van der Waals surface area (Å²) in [6.45, 7) is 2.02. The minimum absolute atomic E-state index is 0.0221. The number of ketones is 1. The zero-order valence-electron chi connectivity index (χ0n) is 9.91. The number of benzene rings is 2. The summed E-state index contributed by atoms with van der Waals surface area (Å²) in [6, 6.07) is 11.4. The van der Waals surface area contributed by atoms with E-state index in [0.29, 0.717) is 11.1 Å². The van der Waals surface area contributed by atoms with Gasteiger partial charge in [0.05, 0.1) is 5.02 Å². The second kappa shape index (κ2) is 5.32. The number of aryl methyl sites for hydroxylation is 1. The molecule has 0 aliphatic carbocycles. The van der Waals surface area contributed by atoms with Crippen LogP contribution in [0.5, 0.6) is 0 Å². The Bertz CT molecular complexity index is 593. The molecule has 0 aromatic heterocycles. The fourth-order valence-corrected chi connectivity index (χ4v) is 1.85. The fraction of sp³-hybridized carbons (Fsp3) is 0.133. The highest BCUT2D eigenvalue weighted by atomic mass is 35.5. The molecule has 0 bridgehead atoms. The van der Waals surface area contributed by atoms with Gasteiger partial charge in [-0.1, -0.05) is 36.7 Å². The van der Waals surface area contributed by atoms with Crippen molar-refractivity contribution in [2.45, 2.75) is 13.3 Å². The van der Waals surface area contributed by atoms with E-state index in [4.69, 9.17) is 11.6 Å². The Morgan fingerprint density at radius 1 is 1.17 bits per heavy atom. The normalized spacial score (nSPS) is 10.4. The highest BCUT2D eigenvalue weighted by molar-refractivity contribution is 6.30. The summed E-state index contributed by atoms with van der Waals surface area (Å²) in [5, 5.41) is 0.0221. The summed E-state index contributed by atoms with van der Waals surface area (Å²) in [5.74, 6) is -0.768. The molecule has 18 heavy (non-hydrogen) atoms. The van der Waals surface area contributed by atoms with Gasteiger partial charge >= 0.3 is 0 Å². The van der Waals surface area contributed by atoms with Crippen LogP contribution in [0, 0.1) is 5.82 Å². The van der Waals surface area contributed by atoms with E-state index in [9.17, 15) is 9.18 Å². The maximum atomic E-state index is 13.3. The van der Waals surface area contributed by atoms with Crippen molar-refractivity contribution in [2.24, 2.45) is 0 Å². The quantitative estimate of drug-likeness (QED) is 0.755. The molecule has 0 heterocycles. The van der Waals surface area contributed by atoms with Crippen LogP contribution in [0.3, 0.4) is 0 Å². The first-order chi connectivity index (χ1) is 8.61. The summed E-state index contributed by atoms with van der Waals surface area (Å²) < 4.78 is 13.3. The molecule has 2 rings (SSSR count). The minimum Gasteiger partial charge on any atom is -0.289 e. The summed E-state index contributed by atoms with van der Waals surface area (Å²) in [5.41, 5.74) is 1.96. The van der Waals surface area contributed by atoms with Crippen LogP contribution in [-0.4, -0.2) is 5.78 Å². The largest absolute Gasteiger partial charge is 0.289 e. The Morgan fingerprint density at radius 3 is 2.56 bits per heavy atom. The van der Waals surface area contributed by atoms with Crippen molar-refractivity contribution in [3.63, 3.8) is 0 Å². The molecule has 2 aromatic rings. The van der Waals surface area contributed by atoms with E-state index in [1.807, 2.05) is 25.1 Å². The van der Waals surface area contributed by atoms with Gasteiger partial charge < -0.3 is 0 Å². The molecule has 0 N–H and O–H groups in total. The Kier molecular flexibility index (Phi) is 3.78. The molecule has 0 saturated carbocycles. The van der Waals surface area contributed by atoms with Gasteiger partial charge in [-0.2, -0.15) is 0 Å². The van der Waals surface area contributed by atoms with Crippen LogP contribution >= 0.6 is 11.6 Å². The summed E-state index contributed by atoms with van der Waals surface area (Å²) >= 11 is 5.59. The molecule has 0 fully saturated rings. The lowest BCUT2D eigenvalue weighted by molar-refractivity contribution is 0.103. The molecule has 0 aliphatic rings. The minimum atomic E-state index is -0.575. The Labute approximate surface area is 110 Å². The second-order valence-electron chi connectivity index (χ2n) is 4.01. The molecule has 92 valence electrons. The van der Waals surface area contributed by atoms with E-state index in [1.165, 1.54) is 18.2 Å². The average molecular weight is 263 g/mol. The second-order valence-corrected chi connectivity index (χ2v) is 4.42. The Morgan fingerprint density at radius 2 is 1.89 bits per heavy atom. The number of rotatable bonds is 3. The lowest BCUT2D eigenvalue weighted by atomic mass is 10.0. The van der Waals surface area contributed by atoms with Gasteiger partial charge in [0.15, 0.2) is 5.78 Å². The van der Waals surface area contributed by atoms with Crippen LogP contribution in [0.4, 0.5) is 4.39 Å². The SMILES string of the molecule is CCc1cccc(C(=O)c2ccc(Cl)c(F)c2)c1. The van der Waals surface area contributed by atoms with Crippen molar-refractivity contribution in [3.8, 4) is 0 Å². The maximum Gasteiger partial charge on any atom is 0.193 e. The molecule has 0 atom stereocenters. The van der Waals surface area contributed by atoms with E-state index in [0.717, 1.165) is 12.0 Å². The van der Waals surface area contributed by atoms with Crippen LogP contribution in [0.25, 0.3) is 0 Å². The van der Waals surface area contributed by atoms with E-state index in [1.54, 1.807) is 6.07 Å². The van der Waals surface area contributed by atoms with Crippen molar-refractivity contribution in [2.75, 3.05) is 0 Å². The van der Waals surface area contributed by atoms with Gasteiger partial charge in [0.2, 0.25) is 0 Å². The molecular weight excluding hydrogens is 251 g/mol. The van der Waals surface area contributed by atoms with Crippen LogP contribution in [0.15, 0.2) is 42.5 Å². The monoisotopic (exact) mass is 262 g/mol. The van der Waals surface area contributed by atoms with E-state index >= 15 is 0 Å². The molecule has 0 amide bonds. The van der Waals surface area contributed by atoms with Gasteiger partial charge in [0.1, 0.15) is 5.82 Å². The molecule has 0 radical (unpaired) electrons. The highest BCUT2D eigenvalue weighted by Crippen LogP contribution is 2.18. The van der Waals surface area contributed by atoms with Gasteiger partial charge in [0.25, 0.3) is 0 Å². The molecule has 1 nitrogen and oxygen atoms in total. The lowest BCUT2D eigenvalue weighted by Crippen LogP contribution is -2.02. The van der Waals surface area contributed by atoms with E-state index in [2.05, 4.69) is 0 Å². The number of carbonyl (C=O) groups excluding carboxylic acids is 1. The van der Waals surface area contributed by atoms with Crippen molar-refractivity contribution >= 4 is 17.4 Å². The maximum absolute atomic E-state index is 13.3. The van der Waals surface area contributed by atoms with Crippen molar-refractivity contribution < 1.29 is 9.18 Å². The third-order valence-electron chi connectivity index (χ3n) is 2.78. The molecule has 3 heteroatoms. The van der Waals surface area contributed by atoms with Gasteiger partial charge in [-0.3, -0.25) is 4.79 Å². The molecule has 2 aromatic carbocycles. The zero-order chi connectivity index (χ0) is 13.1. The van der Waals surface area contributed by atoms with Crippen molar-refractivity contribution in [1.29, 1.82) is 0 Å². The highest BCUT2D eigenvalue weighted by Gasteiger charge is 2.11. The molecule has 0 unspecified atom stereocenters. The standard InChI is InChI=1S/C15H12ClFO/c1-2-10-4-3-5-11(8-10)15(18)12-6-7-13(16)14(17)9-12/h3-9H,2H2,1H3. The molecule has 0 spiro atoms. The molecule has 0 saturated heterocycles. The first-order valence-corrected chi connectivity index (χ1v) is 6.08. The van der Waals surface area contributed by atoms with Crippen LogP contribution in [-0.2, 0) is 6.42 Å². The predicted octanol–water partition coefficient (Wildman–Crippen LogP) is 4.27. The zero-order valence-corrected chi connectivity index (χ0v) is 10.7. The molecular formula is C15H12ClFO. The number of carbonyl (C=O) groups is 1. The van der Waals surface area contributed by atoms with Crippen LogP contribution in [0.1, 0.15) is 28.4 Å². The number of hydrogen-bond acceptors (Lipinski definition) is 1. The van der Waals surface area contributed by atoms with Gasteiger partial charge in [-0.25, -0.2) is 4.39 Å². The predicted molar refractivity (Wildman–Crippen MR) is 70.7 cm³/mol. The average Bonchev–Trinajstić information content (AvgIpc) is 2.41. The third-order valence-corrected chi connectivity index (χ3v) is 3.09.